The van der Waals surface area contributed by atoms with Gasteiger partial charge in [0.25, 0.3) is 0 Å². The van der Waals surface area contributed by atoms with Crippen molar-refractivity contribution in [3.8, 4) is 0 Å². The summed E-state index contributed by atoms with van der Waals surface area (Å²) in [6.45, 7) is 4.23. The Labute approximate surface area is 129 Å². The number of piperazine rings is 1. The monoisotopic (exact) mass is 300 g/mol. The van der Waals surface area contributed by atoms with Gasteiger partial charge in [-0.1, -0.05) is 18.2 Å². The Morgan fingerprint density at radius 1 is 1.00 bits per heavy atom. The van der Waals surface area contributed by atoms with E-state index in [4.69, 9.17) is 5.73 Å². The van der Waals surface area contributed by atoms with Gasteiger partial charge in [0.1, 0.15) is 10.8 Å². The molecule has 4 nitrogen and oxygen atoms in total. The average molecular weight is 300 g/mol. The lowest BCUT2D eigenvalue weighted by Gasteiger charge is -2.37. The van der Waals surface area contributed by atoms with E-state index in [9.17, 15) is 0 Å². The van der Waals surface area contributed by atoms with Crippen LogP contribution in [0.4, 0.5) is 16.5 Å². The largest absolute Gasteiger partial charge is 0.383 e. The van der Waals surface area contributed by atoms with Crippen LogP contribution in [-0.2, 0) is 0 Å². The highest BCUT2D eigenvalue weighted by atomic mass is 32.1. The Morgan fingerprint density at radius 2 is 1.67 bits per heavy atom. The number of nitrogen functional groups attached to an aromatic ring is 1. The Morgan fingerprint density at radius 3 is 2.33 bits per heavy atom. The second-order valence-corrected chi connectivity index (χ2v) is 6.62. The zero-order valence-electron chi connectivity index (χ0n) is 12.0. The van der Waals surface area contributed by atoms with Crippen molar-refractivity contribution in [3.63, 3.8) is 0 Å². The van der Waals surface area contributed by atoms with Crippen molar-refractivity contribution in [2.24, 2.45) is 0 Å². The Hall–Kier alpha value is -1.75. The van der Waals surface area contributed by atoms with E-state index in [1.807, 2.05) is 0 Å². The minimum Gasteiger partial charge on any atom is -0.383 e. The van der Waals surface area contributed by atoms with Crippen LogP contribution in [0.15, 0.2) is 30.3 Å². The zero-order chi connectivity index (χ0) is 14.2. The first kappa shape index (κ1) is 13.0. The van der Waals surface area contributed by atoms with Gasteiger partial charge in [-0.2, -0.15) is 4.37 Å². The molecule has 0 radical (unpaired) electrons. The number of aromatic nitrogens is 1. The first-order valence-corrected chi connectivity index (χ1v) is 8.40. The maximum Gasteiger partial charge on any atom is 0.142 e. The number of hydrogen-bond donors (Lipinski definition) is 1. The van der Waals surface area contributed by atoms with E-state index in [0.29, 0.717) is 5.92 Å². The summed E-state index contributed by atoms with van der Waals surface area (Å²) in [5.74, 6) is 1.44. The SMILES string of the molecule is Nc1nsc(N2CCN(c3ccccc3)CC2)c1C1CC1. The lowest BCUT2D eigenvalue weighted by molar-refractivity contribution is 0.655. The van der Waals surface area contributed by atoms with Crippen LogP contribution in [0.1, 0.15) is 24.3 Å². The van der Waals surface area contributed by atoms with Crippen molar-refractivity contribution >= 4 is 28.0 Å². The van der Waals surface area contributed by atoms with Crippen LogP contribution in [0, 0.1) is 0 Å². The fourth-order valence-electron chi connectivity index (χ4n) is 3.09. The number of hydrogen-bond acceptors (Lipinski definition) is 5. The molecule has 2 fully saturated rings. The number of rotatable bonds is 3. The molecule has 2 aliphatic rings. The van der Waals surface area contributed by atoms with E-state index in [1.54, 1.807) is 11.5 Å². The van der Waals surface area contributed by atoms with Gasteiger partial charge in [0.15, 0.2) is 0 Å². The van der Waals surface area contributed by atoms with Crippen molar-refractivity contribution < 1.29 is 0 Å². The van der Waals surface area contributed by atoms with Gasteiger partial charge in [0.2, 0.25) is 0 Å². The standard InChI is InChI=1S/C16H20N4S/c17-15-14(12-6-7-12)16(21-18-15)20-10-8-19(9-11-20)13-4-2-1-3-5-13/h1-5,12H,6-11H2,(H2,17,18). The van der Waals surface area contributed by atoms with E-state index in [1.165, 1.54) is 29.1 Å². The third-order valence-corrected chi connectivity index (χ3v) is 5.35. The molecule has 0 spiro atoms. The molecule has 1 saturated heterocycles. The topological polar surface area (TPSA) is 45.4 Å². The van der Waals surface area contributed by atoms with E-state index in [2.05, 4.69) is 44.5 Å². The lowest BCUT2D eigenvalue weighted by atomic mass is 10.2. The Bertz CT molecular complexity index is 612. The van der Waals surface area contributed by atoms with Crippen LogP contribution in [0.25, 0.3) is 0 Å². The molecule has 1 aliphatic heterocycles. The fourth-order valence-corrected chi connectivity index (χ4v) is 4.04. The molecule has 1 aromatic carbocycles. The molecule has 1 aromatic heterocycles. The maximum atomic E-state index is 6.07. The van der Waals surface area contributed by atoms with E-state index in [0.717, 1.165) is 32.0 Å². The molecule has 110 valence electrons. The number of nitrogens with zero attached hydrogens (tertiary/aromatic N) is 3. The molecule has 0 amide bonds. The van der Waals surface area contributed by atoms with Gasteiger partial charge in [0, 0.05) is 37.4 Å². The third kappa shape index (κ3) is 2.46. The molecule has 2 aromatic rings. The predicted octanol–water partition coefficient (Wildman–Crippen LogP) is 2.93. The summed E-state index contributed by atoms with van der Waals surface area (Å²) in [6.07, 6.45) is 2.55. The highest BCUT2D eigenvalue weighted by Crippen LogP contribution is 2.48. The molecule has 2 heterocycles. The third-order valence-electron chi connectivity index (χ3n) is 4.41. The quantitative estimate of drug-likeness (QED) is 0.946. The molecule has 5 heteroatoms. The normalized spacial score (nSPS) is 19.0. The van der Waals surface area contributed by atoms with Gasteiger partial charge in [-0.3, -0.25) is 0 Å². The summed E-state index contributed by atoms with van der Waals surface area (Å²) in [6, 6.07) is 10.7. The van der Waals surface area contributed by atoms with Crippen LogP contribution in [0.5, 0.6) is 0 Å². The smallest absolute Gasteiger partial charge is 0.142 e. The van der Waals surface area contributed by atoms with Crippen LogP contribution in [-0.4, -0.2) is 30.6 Å². The molecular weight excluding hydrogens is 280 g/mol. The highest BCUT2D eigenvalue weighted by molar-refractivity contribution is 7.10. The van der Waals surface area contributed by atoms with Crippen molar-refractivity contribution in [2.75, 3.05) is 41.7 Å². The lowest BCUT2D eigenvalue weighted by Crippen LogP contribution is -2.46. The van der Waals surface area contributed by atoms with Crippen molar-refractivity contribution in [2.45, 2.75) is 18.8 Å². The Kier molecular flexibility index (Phi) is 3.22. The molecule has 0 atom stereocenters. The van der Waals surface area contributed by atoms with Gasteiger partial charge in [0.05, 0.1) is 0 Å². The van der Waals surface area contributed by atoms with Crippen molar-refractivity contribution in [3.05, 3.63) is 35.9 Å². The number of nitrogens with two attached hydrogens (primary N) is 1. The molecular formula is C16H20N4S. The summed E-state index contributed by atoms with van der Waals surface area (Å²) < 4.78 is 4.39. The van der Waals surface area contributed by atoms with Crippen LogP contribution < -0.4 is 15.5 Å². The first-order chi connectivity index (χ1) is 10.3. The Balaban J connectivity index is 1.48. The molecule has 2 N–H and O–H groups in total. The number of benzene rings is 1. The zero-order valence-corrected chi connectivity index (χ0v) is 12.9. The molecule has 21 heavy (non-hydrogen) atoms. The second kappa shape index (κ2) is 5.22. The van der Waals surface area contributed by atoms with Gasteiger partial charge < -0.3 is 15.5 Å². The molecule has 0 bridgehead atoms. The van der Waals surface area contributed by atoms with Gasteiger partial charge in [-0.25, -0.2) is 0 Å². The molecule has 0 unspecified atom stereocenters. The minimum absolute atomic E-state index is 0.672. The number of para-hydroxylation sites is 1. The van der Waals surface area contributed by atoms with Gasteiger partial charge in [-0.15, -0.1) is 0 Å². The van der Waals surface area contributed by atoms with Gasteiger partial charge in [-0.05, 0) is 42.4 Å². The highest BCUT2D eigenvalue weighted by Gasteiger charge is 2.33. The van der Waals surface area contributed by atoms with Gasteiger partial charge >= 0.3 is 0 Å². The first-order valence-electron chi connectivity index (χ1n) is 7.63. The molecule has 4 rings (SSSR count). The van der Waals surface area contributed by atoms with Crippen LogP contribution in [0.3, 0.4) is 0 Å². The summed E-state index contributed by atoms with van der Waals surface area (Å²) in [5, 5.41) is 1.32. The van der Waals surface area contributed by atoms with E-state index < -0.39 is 0 Å². The van der Waals surface area contributed by atoms with Crippen molar-refractivity contribution in [1.82, 2.24) is 4.37 Å². The summed E-state index contributed by atoms with van der Waals surface area (Å²) in [5.41, 5.74) is 8.72. The average Bonchev–Trinajstić information content (AvgIpc) is 3.31. The predicted molar refractivity (Wildman–Crippen MR) is 89.4 cm³/mol. The summed E-state index contributed by atoms with van der Waals surface area (Å²) in [7, 11) is 0. The fraction of sp³-hybridized carbons (Fsp3) is 0.438. The van der Waals surface area contributed by atoms with E-state index >= 15 is 0 Å². The second-order valence-electron chi connectivity index (χ2n) is 5.87. The van der Waals surface area contributed by atoms with Crippen LogP contribution in [0.2, 0.25) is 0 Å². The van der Waals surface area contributed by atoms with Crippen LogP contribution >= 0.6 is 11.5 Å². The maximum absolute atomic E-state index is 6.07. The van der Waals surface area contributed by atoms with E-state index in [-0.39, 0.29) is 0 Å². The summed E-state index contributed by atoms with van der Waals surface area (Å²) in [4.78, 5) is 4.93. The molecule has 1 aliphatic carbocycles. The number of anilines is 3. The van der Waals surface area contributed by atoms with Crippen molar-refractivity contribution in [1.29, 1.82) is 0 Å². The summed E-state index contributed by atoms with van der Waals surface area (Å²) >= 11 is 1.58. The minimum atomic E-state index is 0.672. The molecule has 1 saturated carbocycles.